The van der Waals surface area contributed by atoms with E-state index < -0.39 is 10.1 Å². The fraction of sp³-hybridized carbons (Fsp3) is 0.435. The topological polar surface area (TPSA) is 63.7 Å². The monoisotopic (exact) mass is 449 g/mol. The molecule has 0 spiro atoms. The summed E-state index contributed by atoms with van der Waals surface area (Å²) in [6.45, 7) is 6.20. The predicted octanol–water partition coefficient (Wildman–Crippen LogP) is 5.34. The molecule has 30 heavy (non-hydrogen) atoms. The van der Waals surface area contributed by atoms with Gasteiger partial charge in [0, 0.05) is 18.5 Å². The quantitative estimate of drug-likeness (QED) is 0.510. The summed E-state index contributed by atoms with van der Waals surface area (Å²) in [4.78, 5) is 14.8. The Morgan fingerprint density at radius 3 is 2.53 bits per heavy atom. The zero-order valence-electron chi connectivity index (χ0n) is 17.6. The van der Waals surface area contributed by atoms with Gasteiger partial charge in [-0.15, -0.1) is 0 Å². The number of halogens is 1. The van der Waals surface area contributed by atoms with E-state index in [0.717, 1.165) is 31.2 Å². The lowest BCUT2D eigenvalue weighted by atomic mass is 9.84. The van der Waals surface area contributed by atoms with E-state index in [4.69, 9.17) is 15.8 Å². The van der Waals surface area contributed by atoms with Crippen LogP contribution in [0.4, 0.5) is 0 Å². The average Bonchev–Trinajstić information content (AvgIpc) is 2.63. The first kappa shape index (κ1) is 22.6. The molecule has 1 saturated carbocycles. The van der Waals surface area contributed by atoms with Gasteiger partial charge in [0.25, 0.3) is 0 Å². The zero-order valence-corrected chi connectivity index (χ0v) is 19.2. The van der Waals surface area contributed by atoms with Crippen molar-refractivity contribution in [1.29, 1.82) is 0 Å². The highest BCUT2D eigenvalue weighted by atomic mass is 35.5. The Bertz CT molecular complexity index is 997. The molecule has 0 radical (unpaired) electrons. The van der Waals surface area contributed by atoms with Crippen LogP contribution in [0.25, 0.3) is 0 Å². The van der Waals surface area contributed by atoms with Crippen molar-refractivity contribution < 1.29 is 17.4 Å². The van der Waals surface area contributed by atoms with Gasteiger partial charge in [0.15, 0.2) is 0 Å². The molecule has 5 nitrogen and oxygen atoms in total. The van der Waals surface area contributed by atoms with Crippen LogP contribution in [0, 0.1) is 12.8 Å². The van der Waals surface area contributed by atoms with Crippen LogP contribution in [0.3, 0.4) is 0 Å². The fourth-order valence-corrected chi connectivity index (χ4v) is 5.27. The first-order chi connectivity index (χ1) is 14.2. The van der Waals surface area contributed by atoms with Crippen molar-refractivity contribution in [3.63, 3.8) is 0 Å². The Kier molecular flexibility index (Phi) is 7.09. The van der Waals surface area contributed by atoms with Crippen molar-refractivity contribution in [3.05, 3.63) is 58.6 Å². The van der Waals surface area contributed by atoms with Crippen molar-refractivity contribution in [3.8, 4) is 5.75 Å². The molecule has 0 bridgehead atoms. The average molecular weight is 450 g/mol. The summed E-state index contributed by atoms with van der Waals surface area (Å²) in [6, 6.07) is 11.9. The highest BCUT2D eigenvalue weighted by Crippen LogP contribution is 2.31. The molecule has 0 unspecified atom stereocenters. The maximum atomic E-state index is 12.9. The number of amides is 1. The molecule has 0 aliphatic heterocycles. The standard InChI is InChI=1S/C23H28ClNO4S/c1-4-17(3)25(23(26)19-10-7-11-19)15-18-9-6-12-20(14-18)29-30(27,28)22-16(2)8-5-13-21(22)24/h5-6,8-9,12-14,17,19H,4,7,10-11,15H2,1-3H3/t17-/m1/s1. The van der Waals surface area contributed by atoms with E-state index in [2.05, 4.69) is 6.92 Å². The van der Waals surface area contributed by atoms with Crippen molar-refractivity contribution in [2.45, 2.75) is 63.9 Å². The van der Waals surface area contributed by atoms with Crippen LogP contribution >= 0.6 is 11.6 Å². The Morgan fingerprint density at radius 1 is 1.23 bits per heavy atom. The summed E-state index contributed by atoms with van der Waals surface area (Å²) in [5.41, 5.74) is 1.35. The molecule has 1 fully saturated rings. The minimum Gasteiger partial charge on any atom is -0.379 e. The third kappa shape index (κ3) is 4.98. The summed E-state index contributed by atoms with van der Waals surface area (Å²) in [7, 11) is -4.08. The zero-order chi connectivity index (χ0) is 21.9. The molecule has 1 amide bonds. The van der Waals surface area contributed by atoms with Crippen LogP contribution in [0.2, 0.25) is 5.02 Å². The van der Waals surface area contributed by atoms with Crippen LogP contribution in [-0.2, 0) is 21.5 Å². The summed E-state index contributed by atoms with van der Waals surface area (Å²) in [6.07, 6.45) is 3.86. The molecule has 162 valence electrons. The molecule has 0 heterocycles. The lowest BCUT2D eigenvalue weighted by Crippen LogP contribution is -2.43. The maximum absolute atomic E-state index is 12.9. The van der Waals surface area contributed by atoms with Crippen molar-refractivity contribution in [2.75, 3.05) is 0 Å². The van der Waals surface area contributed by atoms with E-state index in [1.54, 1.807) is 37.3 Å². The number of hydrogen-bond donors (Lipinski definition) is 0. The Labute approximate surface area is 184 Å². The first-order valence-electron chi connectivity index (χ1n) is 10.3. The molecule has 0 N–H and O–H groups in total. The number of aryl methyl sites for hydroxylation is 1. The van der Waals surface area contributed by atoms with Gasteiger partial charge in [-0.1, -0.05) is 49.2 Å². The molecular formula is C23H28ClNO4S. The Morgan fingerprint density at radius 2 is 1.93 bits per heavy atom. The summed E-state index contributed by atoms with van der Waals surface area (Å²) in [5, 5.41) is 0.125. The summed E-state index contributed by atoms with van der Waals surface area (Å²) < 4.78 is 31.0. The SMILES string of the molecule is CC[C@@H](C)N(Cc1cccc(OS(=O)(=O)c2c(C)cccc2Cl)c1)C(=O)C1CCC1. The van der Waals surface area contributed by atoms with Crippen LogP contribution in [-0.4, -0.2) is 25.3 Å². The van der Waals surface area contributed by atoms with E-state index in [1.165, 1.54) is 6.07 Å². The van der Waals surface area contributed by atoms with Gasteiger partial charge >= 0.3 is 10.1 Å². The molecule has 7 heteroatoms. The van der Waals surface area contributed by atoms with Crippen LogP contribution in [0.1, 0.15) is 50.7 Å². The van der Waals surface area contributed by atoms with E-state index in [9.17, 15) is 13.2 Å². The number of benzene rings is 2. The van der Waals surface area contributed by atoms with Gasteiger partial charge in [-0.3, -0.25) is 4.79 Å². The molecule has 1 atom stereocenters. The predicted molar refractivity (Wildman–Crippen MR) is 118 cm³/mol. The lowest BCUT2D eigenvalue weighted by molar-refractivity contribution is -0.141. The highest BCUT2D eigenvalue weighted by Gasteiger charge is 2.31. The molecule has 1 aliphatic carbocycles. The molecule has 1 aliphatic rings. The maximum Gasteiger partial charge on any atom is 0.340 e. The minimum atomic E-state index is -4.08. The number of carbonyl (C=O) groups is 1. The second-order valence-corrected chi connectivity index (χ2v) is 9.81. The minimum absolute atomic E-state index is 0.0292. The van der Waals surface area contributed by atoms with Gasteiger partial charge in [-0.2, -0.15) is 8.42 Å². The lowest BCUT2D eigenvalue weighted by Gasteiger charge is -2.35. The Balaban J connectivity index is 1.82. The normalized spacial score (nSPS) is 15.3. The van der Waals surface area contributed by atoms with Crippen LogP contribution in [0.15, 0.2) is 47.4 Å². The van der Waals surface area contributed by atoms with E-state index >= 15 is 0 Å². The van der Waals surface area contributed by atoms with E-state index in [1.807, 2.05) is 17.9 Å². The molecule has 2 aromatic rings. The van der Waals surface area contributed by atoms with Gasteiger partial charge in [0.1, 0.15) is 10.6 Å². The molecule has 0 saturated heterocycles. The Hall–Kier alpha value is -2.05. The van der Waals surface area contributed by atoms with E-state index in [0.29, 0.717) is 12.1 Å². The number of hydrogen-bond acceptors (Lipinski definition) is 4. The van der Waals surface area contributed by atoms with Gasteiger partial charge < -0.3 is 9.08 Å². The van der Waals surface area contributed by atoms with Gasteiger partial charge in [-0.05, 0) is 62.4 Å². The van der Waals surface area contributed by atoms with Crippen LogP contribution < -0.4 is 4.18 Å². The van der Waals surface area contributed by atoms with Gasteiger partial charge in [-0.25, -0.2) is 0 Å². The molecular weight excluding hydrogens is 422 g/mol. The number of carbonyl (C=O) groups excluding carboxylic acids is 1. The third-order valence-corrected chi connectivity index (χ3v) is 7.61. The second-order valence-electron chi connectivity index (χ2n) is 7.92. The molecule has 3 rings (SSSR count). The summed E-state index contributed by atoms with van der Waals surface area (Å²) in [5.74, 6) is 0.496. The third-order valence-electron chi connectivity index (χ3n) is 5.73. The van der Waals surface area contributed by atoms with Crippen molar-refractivity contribution in [2.24, 2.45) is 5.92 Å². The smallest absolute Gasteiger partial charge is 0.340 e. The van der Waals surface area contributed by atoms with E-state index in [-0.39, 0.29) is 33.5 Å². The van der Waals surface area contributed by atoms with Gasteiger partial charge in [0.2, 0.25) is 5.91 Å². The fourth-order valence-electron chi connectivity index (χ4n) is 3.56. The van der Waals surface area contributed by atoms with Crippen molar-refractivity contribution >= 4 is 27.6 Å². The second kappa shape index (κ2) is 9.40. The highest BCUT2D eigenvalue weighted by molar-refractivity contribution is 7.87. The summed E-state index contributed by atoms with van der Waals surface area (Å²) >= 11 is 6.11. The molecule has 2 aromatic carbocycles. The van der Waals surface area contributed by atoms with Crippen molar-refractivity contribution in [1.82, 2.24) is 4.90 Å². The number of rotatable bonds is 8. The largest absolute Gasteiger partial charge is 0.379 e. The van der Waals surface area contributed by atoms with Crippen LogP contribution in [0.5, 0.6) is 5.75 Å². The molecule has 0 aromatic heterocycles. The number of nitrogens with zero attached hydrogens (tertiary/aromatic N) is 1. The van der Waals surface area contributed by atoms with Gasteiger partial charge in [0.05, 0.1) is 5.02 Å². The first-order valence-corrected chi connectivity index (χ1v) is 12.1.